The summed E-state index contributed by atoms with van der Waals surface area (Å²) in [6.45, 7) is 4.52. The fourth-order valence-electron chi connectivity index (χ4n) is 0.970. The third kappa shape index (κ3) is 5.52. The van der Waals surface area contributed by atoms with Crippen LogP contribution in [0.15, 0.2) is 0 Å². The first-order valence-corrected chi connectivity index (χ1v) is 4.62. The number of aliphatic hydroxyl groups excluding tert-OH is 2. The molecule has 0 amide bonds. The topological polar surface area (TPSA) is 49.7 Å². The molecule has 2 N–H and O–H groups in total. The maximum atomic E-state index is 9.21. The van der Waals surface area contributed by atoms with E-state index in [9.17, 15) is 5.11 Å². The molecule has 74 valence electrons. The Bertz CT molecular complexity index is 93.8. The van der Waals surface area contributed by atoms with E-state index in [0.29, 0.717) is 13.0 Å². The van der Waals surface area contributed by atoms with Gasteiger partial charge in [-0.25, -0.2) is 0 Å². The Labute approximate surface area is 74.4 Å². The van der Waals surface area contributed by atoms with Crippen LogP contribution in [0.25, 0.3) is 0 Å². The average molecular weight is 176 g/mol. The molecule has 0 bridgehead atoms. The van der Waals surface area contributed by atoms with E-state index in [1.165, 1.54) is 0 Å². The van der Waals surface area contributed by atoms with Crippen LogP contribution in [0.4, 0.5) is 0 Å². The molecule has 0 radical (unpaired) electrons. The van der Waals surface area contributed by atoms with Crippen LogP contribution in [0, 0.1) is 0 Å². The fraction of sp³-hybridized carbons (Fsp3) is 1.00. The molecule has 3 heteroatoms. The number of unbranched alkanes of at least 4 members (excludes halogenated alkanes) is 1. The van der Waals surface area contributed by atoms with Crippen molar-refractivity contribution in [3.05, 3.63) is 0 Å². The Kier molecular flexibility index (Phi) is 7.45. The molecule has 0 aromatic carbocycles. The Balaban J connectivity index is 3.49. The summed E-state index contributed by atoms with van der Waals surface area (Å²) in [6, 6.07) is 0. The molecular formula is C9H20O3. The zero-order valence-electron chi connectivity index (χ0n) is 7.99. The van der Waals surface area contributed by atoms with Gasteiger partial charge < -0.3 is 14.9 Å². The molecule has 0 fully saturated rings. The summed E-state index contributed by atoms with van der Waals surface area (Å²) in [6.07, 6.45) is 1.91. The number of aliphatic hydroxyl groups is 2. The zero-order valence-corrected chi connectivity index (χ0v) is 7.99. The van der Waals surface area contributed by atoms with Crippen LogP contribution in [-0.2, 0) is 4.74 Å². The van der Waals surface area contributed by atoms with E-state index in [1.807, 2.05) is 0 Å². The SMILES string of the molecule is CCCCO[C@H](CCO)[C@H](C)O. The van der Waals surface area contributed by atoms with Crippen molar-refractivity contribution in [3.63, 3.8) is 0 Å². The first kappa shape index (κ1) is 11.9. The van der Waals surface area contributed by atoms with Gasteiger partial charge in [0.2, 0.25) is 0 Å². The largest absolute Gasteiger partial charge is 0.396 e. The van der Waals surface area contributed by atoms with Gasteiger partial charge in [0.15, 0.2) is 0 Å². The lowest BCUT2D eigenvalue weighted by molar-refractivity contribution is -0.0410. The summed E-state index contributed by atoms with van der Waals surface area (Å²) >= 11 is 0. The van der Waals surface area contributed by atoms with E-state index in [0.717, 1.165) is 12.8 Å². The van der Waals surface area contributed by atoms with Crippen molar-refractivity contribution in [2.45, 2.75) is 45.3 Å². The van der Waals surface area contributed by atoms with E-state index in [2.05, 4.69) is 6.92 Å². The fourth-order valence-corrected chi connectivity index (χ4v) is 0.970. The van der Waals surface area contributed by atoms with Crippen LogP contribution in [-0.4, -0.2) is 35.6 Å². The third-order valence-corrected chi connectivity index (χ3v) is 1.78. The molecular weight excluding hydrogens is 156 g/mol. The summed E-state index contributed by atoms with van der Waals surface area (Å²) in [5, 5.41) is 17.9. The molecule has 0 aromatic heterocycles. The molecule has 0 saturated carbocycles. The highest BCUT2D eigenvalue weighted by molar-refractivity contribution is 4.63. The summed E-state index contributed by atoms with van der Waals surface area (Å²) in [5.41, 5.74) is 0. The van der Waals surface area contributed by atoms with Crippen molar-refractivity contribution in [2.75, 3.05) is 13.2 Å². The van der Waals surface area contributed by atoms with Crippen molar-refractivity contribution in [1.82, 2.24) is 0 Å². The lowest BCUT2D eigenvalue weighted by atomic mass is 10.2. The second-order valence-corrected chi connectivity index (χ2v) is 3.02. The van der Waals surface area contributed by atoms with Crippen molar-refractivity contribution in [3.8, 4) is 0 Å². The highest BCUT2D eigenvalue weighted by Gasteiger charge is 2.13. The molecule has 12 heavy (non-hydrogen) atoms. The van der Waals surface area contributed by atoms with Crippen LogP contribution >= 0.6 is 0 Å². The van der Waals surface area contributed by atoms with Crippen molar-refractivity contribution >= 4 is 0 Å². The minimum absolute atomic E-state index is 0.0711. The number of ether oxygens (including phenoxy) is 1. The third-order valence-electron chi connectivity index (χ3n) is 1.78. The van der Waals surface area contributed by atoms with Crippen LogP contribution in [0.2, 0.25) is 0 Å². The Morgan fingerprint density at radius 1 is 1.42 bits per heavy atom. The minimum atomic E-state index is -0.492. The normalized spacial score (nSPS) is 16.0. The van der Waals surface area contributed by atoms with Crippen LogP contribution < -0.4 is 0 Å². The van der Waals surface area contributed by atoms with E-state index >= 15 is 0 Å². The van der Waals surface area contributed by atoms with Gasteiger partial charge in [-0.15, -0.1) is 0 Å². The quantitative estimate of drug-likeness (QED) is 0.567. The van der Waals surface area contributed by atoms with E-state index in [1.54, 1.807) is 6.92 Å². The van der Waals surface area contributed by atoms with Gasteiger partial charge in [0.25, 0.3) is 0 Å². The Morgan fingerprint density at radius 3 is 2.50 bits per heavy atom. The molecule has 0 saturated heterocycles. The summed E-state index contributed by atoms with van der Waals surface area (Å²) in [5.74, 6) is 0. The molecule has 3 nitrogen and oxygen atoms in total. The Hall–Kier alpha value is -0.120. The molecule has 0 aliphatic carbocycles. The molecule has 2 atom stereocenters. The number of hydrogen-bond acceptors (Lipinski definition) is 3. The monoisotopic (exact) mass is 176 g/mol. The van der Waals surface area contributed by atoms with Crippen molar-refractivity contribution in [1.29, 1.82) is 0 Å². The first-order valence-electron chi connectivity index (χ1n) is 4.62. The number of rotatable bonds is 7. The molecule has 0 aliphatic heterocycles. The molecule has 0 heterocycles. The first-order chi connectivity index (χ1) is 5.72. The second kappa shape index (κ2) is 7.53. The summed E-state index contributed by atoms with van der Waals surface area (Å²) in [4.78, 5) is 0. The Morgan fingerprint density at radius 2 is 2.08 bits per heavy atom. The lowest BCUT2D eigenvalue weighted by Gasteiger charge is -2.19. The highest BCUT2D eigenvalue weighted by Crippen LogP contribution is 2.05. The molecule has 0 unspecified atom stereocenters. The van der Waals surface area contributed by atoms with Gasteiger partial charge in [0.05, 0.1) is 12.2 Å². The summed E-state index contributed by atoms with van der Waals surface area (Å²) < 4.78 is 5.37. The van der Waals surface area contributed by atoms with Gasteiger partial charge in [0, 0.05) is 13.2 Å². The van der Waals surface area contributed by atoms with Gasteiger partial charge in [-0.2, -0.15) is 0 Å². The second-order valence-electron chi connectivity index (χ2n) is 3.02. The maximum absolute atomic E-state index is 9.21. The predicted octanol–water partition coefficient (Wildman–Crippen LogP) is 0.935. The van der Waals surface area contributed by atoms with Crippen molar-refractivity contribution in [2.24, 2.45) is 0 Å². The van der Waals surface area contributed by atoms with Gasteiger partial charge >= 0.3 is 0 Å². The zero-order chi connectivity index (χ0) is 9.40. The highest BCUT2D eigenvalue weighted by atomic mass is 16.5. The van der Waals surface area contributed by atoms with Gasteiger partial charge in [-0.1, -0.05) is 13.3 Å². The van der Waals surface area contributed by atoms with Gasteiger partial charge in [0.1, 0.15) is 0 Å². The van der Waals surface area contributed by atoms with E-state index in [-0.39, 0.29) is 12.7 Å². The average Bonchev–Trinajstić information content (AvgIpc) is 2.03. The van der Waals surface area contributed by atoms with Crippen LogP contribution in [0.1, 0.15) is 33.1 Å². The standard InChI is InChI=1S/C9H20O3/c1-3-4-7-12-9(5-6-10)8(2)11/h8-11H,3-7H2,1-2H3/t8-,9+/m0/s1. The molecule has 0 aliphatic rings. The van der Waals surface area contributed by atoms with E-state index in [4.69, 9.17) is 9.84 Å². The molecule has 0 aromatic rings. The number of hydrogen-bond donors (Lipinski definition) is 2. The van der Waals surface area contributed by atoms with Crippen LogP contribution in [0.5, 0.6) is 0 Å². The maximum Gasteiger partial charge on any atom is 0.0852 e. The van der Waals surface area contributed by atoms with E-state index < -0.39 is 6.10 Å². The van der Waals surface area contributed by atoms with Crippen LogP contribution in [0.3, 0.4) is 0 Å². The molecule has 0 spiro atoms. The van der Waals surface area contributed by atoms with Gasteiger partial charge in [-0.3, -0.25) is 0 Å². The molecule has 0 rings (SSSR count). The predicted molar refractivity (Wildman–Crippen MR) is 48.0 cm³/mol. The van der Waals surface area contributed by atoms with Crippen molar-refractivity contribution < 1.29 is 14.9 Å². The minimum Gasteiger partial charge on any atom is -0.396 e. The smallest absolute Gasteiger partial charge is 0.0852 e. The summed E-state index contributed by atoms with van der Waals surface area (Å²) in [7, 11) is 0. The van der Waals surface area contributed by atoms with Gasteiger partial charge in [-0.05, 0) is 19.8 Å². The lowest BCUT2D eigenvalue weighted by Crippen LogP contribution is -2.27.